The molecule has 1 aliphatic carbocycles. The van der Waals surface area contributed by atoms with Crippen LogP contribution in [0.4, 0.5) is 11.8 Å². The third kappa shape index (κ3) is 7.96. The molecule has 184 valence electrons. The van der Waals surface area contributed by atoms with Gasteiger partial charge in [-0.25, -0.2) is 4.98 Å². The molecule has 6 nitrogen and oxygen atoms in total. The molecule has 3 heterocycles. The second kappa shape index (κ2) is 11.7. The van der Waals surface area contributed by atoms with Crippen molar-refractivity contribution < 1.29 is 5.11 Å². The number of rotatable bonds is 9. The van der Waals surface area contributed by atoms with Crippen molar-refractivity contribution in [1.29, 1.82) is 0 Å². The average Bonchev–Trinajstić information content (AvgIpc) is 3.04. The van der Waals surface area contributed by atoms with Gasteiger partial charge in [0.1, 0.15) is 5.82 Å². The van der Waals surface area contributed by atoms with Crippen molar-refractivity contribution in [1.82, 2.24) is 14.9 Å². The fourth-order valence-electron chi connectivity index (χ4n) is 5.64. The molecule has 2 saturated heterocycles. The summed E-state index contributed by atoms with van der Waals surface area (Å²) in [4.78, 5) is 14.4. The minimum Gasteiger partial charge on any atom is -0.390 e. The molecule has 0 radical (unpaired) electrons. The minimum absolute atomic E-state index is 0.445. The van der Waals surface area contributed by atoms with E-state index in [1.807, 2.05) is 20.0 Å². The van der Waals surface area contributed by atoms with Crippen molar-refractivity contribution in [3.8, 4) is 0 Å². The maximum atomic E-state index is 9.91. The molecule has 0 amide bonds. The van der Waals surface area contributed by atoms with Crippen LogP contribution in [0.25, 0.3) is 0 Å². The molecule has 2 fully saturated rings. The van der Waals surface area contributed by atoms with E-state index in [9.17, 15) is 5.11 Å². The van der Waals surface area contributed by atoms with Crippen LogP contribution in [0.5, 0.6) is 0 Å². The fraction of sp³-hybridized carbons (Fsp3) is 0.778. The van der Waals surface area contributed by atoms with Crippen LogP contribution in [-0.4, -0.2) is 64.3 Å². The van der Waals surface area contributed by atoms with Crippen LogP contribution in [0.2, 0.25) is 0 Å². The molecule has 2 N–H and O–H groups in total. The van der Waals surface area contributed by atoms with Crippen LogP contribution in [0, 0.1) is 5.92 Å². The van der Waals surface area contributed by atoms with Gasteiger partial charge < -0.3 is 20.2 Å². The molecule has 1 aromatic rings. The van der Waals surface area contributed by atoms with E-state index in [4.69, 9.17) is 4.98 Å². The van der Waals surface area contributed by atoms with Crippen molar-refractivity contribution in [2.45, 2.75) is 96.1 Å². The Morgan fingerprint density at radius 1 is 1.12 bits per heavy atom. The normalized spacial score (nSPS) is 25.1. The quantitative estimate of drug-likeness (QED) is 0.510. The van der Waals surface area contributed by atoms with E-state index in [1.165, 1.54) is 64.5 Å². The molecule has 0 spiro atoms. The van der Waals surface area contributed by atoms with E-state index in [1.54, 1.807) is 5.57 Å². The summed E-state index contributed by atoms with van der Waals surface area (Å²) in [5, 5.41) is 13.5. The number of aromatic nitrogens is 2. The van der Waals surface area contributed by atoms with Crippen LogP contribution in [0.1, 0.15) is 84.5 Å². The Kier molecular flexibility index (Phi) is 8.64. The van der Waals surface area contributed by atoms with E-state index in [-0.39, 0.29) is 0 Å². The number of anilines is 2. The van der Waals surface area contributed by atoms with E-state index < -0.39 is 5.60 Å². The summed E-state index contributed by atoms with van der Waals surface area (Å²) in [6.07, 6.45) is 17.7. The van der Waals surface area contributed by atoms with Crippen molar-refractivity contribution in [2.75, 3.05) is 42.9 Å². The van der Waals surface area contributed by atoms with Crippen molar-refractivity contribution >= 4 is 11.8 Å². The lowest BCUT2D eigenvalue weighted by Crippen LogP contribution is -2.31. The highest BCUT2D eigenvalue weighted by molar-refractivity contribution is 5.43. The molecule has 1 aromatic heterocycles. The van der Waals surface area contributed by atoms with Crippen LogP contribution in [0.3, 0.4) is 0 Å². The number of nitrogens with one attached hydrogen (secondary N) is 1. The highest BCUT2D eigenvalue weighted by Crippen LogP contribution is 2.29. The summed E-state index contributed by atoms with van der Waals surface area (Å²) in [6.45, 7) is 9.53. The lowest BCUT2D eigenvalue weighted by Gasteiger charge is -2.27. The van der Waals surface area contributed by atoms with Crippen LogP contribution < -0.4 is 10.2 Å². The summed E-state index contributed by atoms with van der Waals surface area (Å²) in [6, 6.07) is 2.51. The predicted octanol–water partition coefficient (Wildman–Crippen LogP) is 5.01. The Hall–Kier alpha value is -1.66. The van der Waals surface area contributed by atoms with E-state index in [2.05, 4.69) is 32.2 Å². The predicted molar refractivity (Wildman–Crippen MR) is 137 cm³/mol. The molecular formula is C27H45N5O. The Bertz CT molecular complexity index is 766. The molecule has 4 rings (SSSR count). The molecule has 0 aromatic carbocycles. The topological polar surface area (TPSA) is 64.5 Å². The molecule has 3 aliphatic rings. The Morgan fingerprint density at radius 3 is 2.67 bits per heavy atom. The second-order valence-electron chi connectivity index (χ2n) is 11.2. The van der Waals surface area contributed by atoms with Crippen molar-refractivity contribution in [3.05, 3.63) is 23.9 Å². The Morgan fingerprint density at radius 2 is 1.94 bits per heavy atom. The largest absolute Gasteiger partial charge is 0.390 e. The zero-order valence-electron chi connectivity index (χ0n) is 20.9. The summed E-state index contributed by atoms with van der Waals surface area (Å²) in [5.74, 6) is 2.65. The SMILES string of the molecule is CC(C)(O)CCCC1=CCC(CN2CCC(Nc3nccc(N4CCCCCC4)n3)C2)CC1. The smallest absolute Gasteiger partial charge is 0.224 e. The van der Waals surface area contributed by atoms with Gasteiger partial charge in [-0.1, -0.05) is 24.5 Å². The monoisotopic (exact) mass is 455 g/mol. The van der Waals surface area contributed by atoms with E-state index in [0.29, 0.717) is 6.04 Å². The van der Waals surface area contributed by atoms with Gasteiger partial charge in [-0.05, 0) is 83.6 Å². The third-order valence-electron chi connectivity index (χ3n) is 7.59. The molecule has 2 unspecified atom stereocenters. The average molecular weight is 456 g/mol. The molecule has 33 heavy (non-hydrogen) atoms. The summed E-state index contributed by atoms with van der Waals surface area (Å²) in [7, 11) is 0. The fourth-order valence-corrected chi connectivity index (χ4v) is 5.64. The number of aliphatic hydroxyl groups is 1. The summed E-state index contributed by atoms with van der Waals surface area (Å²) >= 11 is 0. The van der Waals surface area contributed by atoms with Crippen LogP contribution >= 0.6 is 0 Å². The minimum atomic E-state index is -0.530. The summed E-state index contributed by atoms with van der Waals surface area (Å²) in [5.41, 5.74) is 1.08. The van der Waals surface area contributed by atoms with Gasteiger partial charge in [0.15, 0.2) is 0 Å². The van der Waals surface area contributed by atoms with Gasteiger partial charge >= 0.3 is 0 Å². The first-order valence-electron chi connectivity index (χ1n) is 13.4. The maximum Gasteiger partial charge on any atom is 0.224 e. The number of nitrogens with zero attached hydrogens (tertiary/aromatic N) is 4. The highest BCUT2D eigenvalue weighted by Gasteiger charge is 2.26. The molecular weight excluding hydrogens is 410 g/mol. The lowest BCUT2D eigenvalue weighted by molar-refractivity contribution is 0.0688. The van der Waals surface area contributed by atoms with Gasteiger partial charge in [0.2, 0.25) is 5.95 Å². The Balaban J connectivity index is 1.19. The zero-order valence-corrected chi connectivity index (χ0v) is 20.9. The lowest BCUT2D eigenvalue weighted by atomic mass is 9.86. The summed E-state index contributed by atoms with van der Waals surface area (Å²) < 4.78 is 0. The number of allylic oxidation sites excluding steroid dienone is 2. The van der Waals surface area contributed by atoms with E-state index >= 15 is 0 Å². The highest BCUT2D eigenvalue weighted by atomic mass is 16.3. The first-order valence-corrected chi connectivity index (χ1v) is 13.4. The number of likely N-dealkylation sites (tertiary alicyclic amines) is 1. The van der Waals surface area contributed by atoms with Crippen molar-refractivity contribution in [3.63, 3.8) is 0 Å². The van der Waals surface area contributed by atoms with Gasteiger partial charge in [-0.3, -0.25) is 0 Å². The van der Waals surface area contributed by atoms with Crippen LogP contribution in [0.15, 0.2) is 23.9 Å². The number of hydrogen-bond acceptors (Lipinski definition) is 6. The van der Waals surface area contributed by atoms with Gasteiger partial charge in [0, 0.05) is 45.0 Å². The van der Waals surface area contributed by atoms with Crippen molar-refractivity contribution in [2.24, 2.45) is 5.92 Å². The molecule has 2 atom stereocenters. The number of hydrogen-bond donors (Lipinski definition) is 2. The molecule has 0 saturated carbocycles. The zero-order chi connectivity index (χ0) is 23.1. The second-order valence-corrected chi connectivity index (χ2v) is 11.2. The maximum absolute atomic E-state index is 9.91. The first kappa shape index (κ1) is 24.5. The third-order valence-corrected chi connectivity index (χ3v) is 7.59. The van der Waals surface area contributed by atoms with Gasteiger partial charge in [-0.2, -0.15) is 4.98 Å². The van der Waals surface area contributed by atoms with Gasteiger partial charge in [-0.15, -0.1) is 0 Å². The molecule has 0 bridgehead atoms. The molecule has 6 heteroatoms. The van der Waals surface area contributed by atoms with Gasteiger partial charge in [0.25, 0.3) is 0 Å². The Labute approximate surface area is 200 Å². The van der Waals surface area contributed by atoms with Crippen LogP contribution in [-0.2, 0) is 0 Å². The molecule has 2 aliphatic heterocycles. The van der Waals surface area contributed by atoms with E-state index in [0.717, 1.165) is 56.6 Å². The first-order chi connectivity index (χ1) is 15.9. The standard InChI is InChI=1S/C27H45N5O/c1-27(2,33)15-7-8-22-9-11-23(12-10-22)20-31-19-14-24(21-31)29-26-28-16-13-25(30-26)32-17-5-3-4-6-18-32/h9,13,16,23-24,33H,3-8,10-12,14-15,17-21H2,1-2H3,(H,28,29,30). The van der Waals surface area contributed by atoms with Gasteiger partial charge in [0.05, 0.1) is 5.60 Å².